The Morgan fingerprint density at radius 3 is 2.63 bits per heavy atom. The topological polar surface area (TPSA) is 87.5 Å². The highest BCUT2D eigenvalue weighted by atomic mass is 16.2. The number of benzene rings is 1. The molecule has 1 spiro atoms. The molecular formula is C22H25N5O3. The van der Waals surface area contributed by atoms with Crippen LogP contribution < -0.4 is 5.32 Å². The predicted octanol–water partition coefficient (Wildman–Crippen LogP) is 1.56. The third-order valence-corrected chi connectivity index (χ3v) is 6.79. The lowest BCUT2D eigenvalue weighted by Crippen LogP contribution is -2.57. The summed E-state index contributed by atoms with van der Waals surface area (Å²) in [4.78, 5) is 41.9. The number of carbonyl (C=O) groups excluding carboxylic acids is 3. The maximum Gasteiger partial charge on any atom is 0.325 e. The summed E-state index contributed by atoms with van der Waals surface area (Å²) in [5.41, 5.74) is 1.22. The van der Waals surface area contributed by atoms with Crippen LogP contribution in [0.15, 0.2) is 42.6 Å². The van der Waals surface area contributed by atoms with Crippen molar-refractivity contribution in [2.45, 2.75) is 44.3 Å². The third kappa shape index (κ3) is 3.07. The van der Waals surface area contributed by atoms with Crippen LogP contribution in [0.2, 0.25) is 0 Å². The number of carbonyl (C=O) groups is 3. The second kappa shape index (κ2) is 7.27. The largest absolute Gasteiger partial charge is 0.342 e. The molecule has 0 bridgehead atoms. The molecule has 1 aromatic carbocycles. The summed E-state index contributed by atoms with van der Waals surface area (Å²) in [5.74, 6) is -0.128. The van der Waals surface area contributed by atoms with E-state index >= 15 is 0 Å². The average molecular weight is 407 g/mol. The van der Waals surface area contributed by atoms with Gasteiger partial charge in [0.2, 0.25) is 5.91 Å². The lowest BCUT2D eigenvalue weighted by atomic mass is 9.84. The van der Waals surface area contributed by atoms with Crippen LogP contribution in [0.4, 0.5) is 4.79 Å². The highest BCUT2D eigenvalue weighted by molar-refractivity contribution is 6.07. The van der Waals surface area contributed by atoms with Crippen molar-refractivity contribution in [3.05, 3.63) is 53.9 Å². The second-order valence-corrected chi connectivity index (χ2v) is 8.42. The first-order valence-corrected chi connectivity index (χ1v) is 10.5. The lowest BCUT2D eigenvalue weighted by Gasteiger charge is -2.43. The van der Waals surface area contributed by atoms with Crippen molar-refractivity contribution in [3.8, 4) is 0 Å². The van der Waals surface area contributed by atoms with Crippen LogP contribution in [0.25, 0.3) is 0 Å². The van der Waals surface area contributed by atoms with E-state index in [1.165, 1.54) is 0 Å². The summed E-state index contributed by atoms with van der Waals surface area (Å²) in [6.07, 6.45) is 4.21. The van der Waals surface area contributed by atoms with E-state index in [2.05, 4.69) is 10.4 Å². The number of imide groups is 1. The first-order chi connectivity index (χ1) is 14.6. The van der Waals surface area contributed by atoms with Crippen molar-refractivity contribution < 1.29 is 14.4 Å². The number of aromatic nitrogens is 2. The fourth-order valence-electron chi connectivity index (χ4n) is 5.02. The van der Waals surface area contributed by atoms with Crippen molar-refractivity contribution in [1.82, 2.24) is 24.9 Å². The van der Waals surface area contributed by atoms with Crippen molar-refractivity contribution >= 4 is 17.8 Å². The number of nitrogens with zero attached hydrogens (tertiary/aromatic N) is 4. The van der Waals surface area contributed by atoms with Crippen LogP contribution in [0.3, 0.4) is 0 Å². The Bertz CT molecular complexity index is 978. The monoisotopic (exact) mass is 407 g/mol. The summed E-state index contributed by atoms with van der Waals surface area (Å²) in [6.45, 7) is 2.12. The molecule has 1 unspecified atom stereocenters. The van der Waals surface area contributed by atoms with Gasteiger partial charge in [-0.3, -0.25) is 19.6 Å². The Labute approximate surface area is 174 Å². The van der Waals surface area contributed by atoms with E-state index in [0.717, 1.165) is 24.2 Å². The minimum Gasteiger partial charge on any atom is -0.342 e. The van der Waals surface area contributed by atoms with E-state index < -0.39 is 5.54 Å². The number of nitrogens with one attached hydrogen (secondary N) is 1. The fraction of sp³-hybridized carbons (Fsp3) is 0.455. The summed E-state index contributed by atoms with van der Waals surface area (Å²) >= 11 is 0. The van der Waals surface area contributed by atoms with Gasteiger partial charge in [-0.25, -0.2) is 4.79 Å². The minimum atomic E-state index is -0.866. The molecule has 30 heavy (non-hydrogen) atoms. The molecule has 2 fully saturated rings. The Kier molecular flexibility index (Phi) is 4.56. The fourth-order valence-corrected chi connectivity index (χ4v) is 5.02. The molecule has 0 saturated carbocycles. The average Bonchev–Trinajstić information content (AvgIpc) is 3.33. The Morgan fingerprint density at radius 2 is 1.87 bits per heavy atom. The van der Waals surface area contributed by atoms with Crippen molar-refractivity contribution in [2.75, 3.05) is 13.1 Å². The van der Waals surface area contributed by atoms with Gasteiger partial charge >= 0.3 is 6.03 Å². The number of urea groups is 1. The molecule has 156 valence electrons. The normalized spacial score (nSPS) is 22.9. The molecule has 3 aliphatic rings. The van der Waals surface area contributed by atoms with Crippen LogP contribution in [0.1, 0.15) is 30.5 Å². The van der Waals surface area contributed by atoms with Gasteiger partial charge in [-0.1, -0.05) is 30.3 Å². The van der Waals surface area contributed by atoms with Gasteiger partial charge in [-0.2, -0.15) is 5.10 Å². The molecule has 1 N–H and O–H groups in total. The highest BCUT2D eigenvalue weighted by Crippen LogP contribution is 2.35. The zero-order valence-corrected chi connectivity index (χ0v) is 16.8. The second-order valence-electron chi connectivity index (χ2n) is 8.42. The zero-order chi connectivity index (χ0) is 20.7. The number of aryl methyl sites for hydroxylation is 1. The molecule has 2 aromatic rings. The summed E-state index contributed by atoms with van der Waals surface area (Å²) in [5, 5.41) is 6.78. The summed E-state index contributed by atoms with van der Waals surface area (Å²) < 4.78 is 1.96. The van der Waals surface area contributed by atoms with Gasteiger partial charge in [-0.15, -0.1) is 0 Å². The van der Waals surface area contributed by atoms with Gasteiger partial charge in [-0.05, 0) is 30.9 Å². The molecule has 4 heterocycles. The number of hydrogen-bond acceptors (Lipinski definition) is 4. The SMILES string of the molecule is O=C(C1CCn2nccc2C1)N1CCC2(CC1)C(=O)NC(=O)N2Cc1ccccc1. The van der Waals surface area contributed by atoms with E-state index in [-0.39, 0.29) is 23.8 Å². The molecule has 8 nitrogen and oxygen atoms in total. The molecule has 0 radical (unpaired) electrons. The number of fused-ring (bicyclic) bond motifs is 1. The number of rotatable bonds is 3. The zero-order valence-electron chi connectivity index (χ0n) is 16.8. The molecule has 2 saturated heterocycles. The molecule has 8 heteroatoms. The molecule has 3 aliphatic heterocycles. The number of hydrogen-bond donors (Lipinski definition) is 1. The van der Waals surface area contributed by atoms with Gasteiger partial charge < -0.3 is 9.80 Å². The van der Waals surface area contributed by atoms with Crippen LogP contribution in [-0.4, -0.2) is 56.1 Å². The van der Waals surface area contributed by atoms with Crippen molar-refractivity contribution in [1.29, 1.82) is 0 Å². The van der Waals surface area contributed by atoms with Crippen LogP contribution in [-0.2, 0) is 29.1 Å². The maximum absolute atomic E-state index is 13.1. The molecule has 0 aliphatic carbocycles. The quantitative estimate of drug-likeness (QED) is 0.783. The molecule has 1 atom stereocenters. The van der Waals surface area contributed by atoms with Gasteiger partial charge in [0, 0.05) is 50.4 Å². The summed E-state index contributed by atoms with van der Waals surface area (Å²) in [7, 11) is 0. The first kappa shape index (κ1) is 18.8. The van der Waals surface area contributed by atoms with E-state index in [4.69, 9.17) is 0 Å². The number of amides is 4. The highest BCUT2D eigenvalue weighted by Gasteiger charge is 2.54. The Balaban J connectivity index is 1.28. The van der Waals surface area contributed by atoms with Crippen LogP contribution in [0, 0.1) is 5.92 Å². The molecule has 4 amide bonds. The van der Waals surface area contributed by atoms with Crippen LogP contribution >= 0.6 is 0 Å². The van der Waals surface area contributed by atoms with Gasteiger partial charge in [0.05, 0.1) is 0 Å². The lowest BCUT2D eigenvalue weighted by molar-refractivity contribution is -0.141. The first-order valence-electron chi connectivity index (χ1n) is 10.5. The smallest absolute Gasteiger partial charge is 0.325 e. The van der Waals surface area contributed by atoms with Crippen molar-refractivity contribution in [2.24, 2.45) is 5.92 Å². The third-order valence-electron chi connectivity index (χ3n) is 6.79. The van der Waals surface area contributed by atoms with E-state index in [9.17, 15) is 14.4 Å². The maximum atomic E-state index is 13.1. The molecule has 1 aromatic heterocycles. The van der Waals surface area contributed by atoms with Crippen molar-refractivity contribution in [3.63, 3.8) is 0 Å². The van der Waals surface area contributed by atoms with Gasteiger partial charge in [0.25, 0.3) is 5.91 Å². The molecular weight excluding hydrogens is 382 g/mol. The Hall–Kier alpha value is -3.16. The van der Waals surface area contributed by atoms with Gasteiger partial charge in [0.15, 0.2) is 0 Å². The molecule has 5 rings (SSSR count). The number of likely N-dealkylation sites (tertiary alicyclic amines) is 1. The standard InChI is InChI=1S/C22H25N5O3/c28-19(17-7-11-27-18(14-17)6-10-23-27)25-12-8-22(9-13-25)20(29)24-21(30)26(22)15-16-4-2-1-3-5-16/h1-6,10,17H,7-9,11-15H2,(H,24,29,30). The number of piperidine rings is 1. The predicted molar refractivity (Wildman–Crippen MR) is 108 cm³/mol. The van der Waals surface area contributed by atoms with Crippen LogP contribution in [0.5, 0.6) is 0 Å². The Morgan fingerprint density at radius 1 is 1.10 bits per heavy atom. The van der Waals surface area contributed by atoms with E-state index in [0.29, 0.717) is 38.9 Å². The summed E-state index contributed by atoms with van der Waals surface area (Å²) in [6, 6.07) is 11.3. The van der Waals surface area contributed by atoms with E-state index in [1.54, 1.807) is 11.1 Å². The van der Waals surface area contributed by atoms with E-state index in [1.807, 2.05) is 46.0 Å². The minimum absolute atomic E-state index is 0.0392. The van der Waals surface area contributed by atoms with Gasteiger partial charge in [0.1, 0.15) is 5.54 Å².